The molecule has 67 heavy (non-hydrogen) atoms. The predicted molar refractivity (Wildman–Crippen MR) is 243 cm³/mol. The normalized spacial score (nSPS) is 23.5. The van der Waals surface area contributed by atoms with E-state index in [1.54, 1.807) is 99.1 Å². The van der Waals surface area contributed by atoms with Gasteiger partial charge in [-0.25, -0.2) is 4.98 Å². The van der Waals surface area contributed by atoms with Gasteiger partial charge in [-0.3, -0.25) is 29.5 Å². The molecule has 0 unspecified atom stereocenters. The predicted octanol–water partition coefficient (Wildman–Crippen LogP) is 9.16. The van der Waals surface area contributed by atoms with Crippen LogP contribution in [0.2, 0.25) is 10.0 Å². The summed E-state index contributed by atoms with van der Waals surface area (Å²) in [4.78, 5) is 64.9. The zero-order valence-electron chi connectivity index (χ0n) is 35.8. The number of halogens is 5. The fourth-order valence-electron chi connectivity index (χ4n) is 10.2. The minimum absolute atomic E-state index is 0.0225. The summed E-state index contributed by atoms with van der Waals surface area (Å²) in [5, 5.41) is 10.0. The van der Waals surface area contributed by atoms with Crippen molar-refractivity contribution >= 4 is 70.5 Å². The van der Waals surface area contributed by atoms with Gasteiger partial charge in [0.1, 0.15) is 23.9 Å². The Hall–Kier alpha value is -6.68. The van der Waals surface area contributed by atoms with E-state index in [2.05, 4.69) is 10.4 Å². The summed E-state index contributed by atoms with van der Waals surface area (Å²) in [6.45, 7) is -0.209. The van der Waals surface area contributed by atoms with Gasteiger partial charge in [0.2, 0.25) is 11.8 Å². The molecule has 1 saturated carbocycles. The number of carbonyl (C=O) groups is 4. The van der Waals surface area contributed by atoms with Crippen LogP contribution in [0.25, 0.3) is 12.2 Å². The van der Waals surface area contributed by atoms with Crippen LogP contribution in [0.5, 0.6) is 17.2 Å². The number of hydrazine groups is 1. The molecule has 0 radical (unpaired) electrons. The van der Waals surface area contributed by atoms with Gasteiger partial charge in [0.25, 0.3) is 11.8 Å². The zero-order chi connectivity index (χ0) is 47.4. The fraction of sp³-hybridized carbons (Fsp3) is 0.260. The summed E-state index contributed by atoms with van der Waals surface area (Å²) in [6.07, 6.45) is 1.52. The second-order valence-electron chi connectivity index (χ2n) is 16.6. The standard InChI is InChI=1S/C50H41Cl2F3N4O8/c1-65-35-17-20-41(66-2)29(23-35)6-3-27-4-13-33(14-5-27)58-45(61)37-19-18-36-38(42(37)47(58)63)25-39-46(62)59(57-44-40(52)24-31(26-56-44)50(53,54)55)48(64)49(39,30-9-11-32(51)12-10-30)43(36)28-7-15-34(16-8-28)67-22-21-60/h3-18,20,23-24,26,37-39,42-43,60H,19,21-22,25H2,1-2H3,(H,56,57)/t37-,38+,39-,42-,43-,49+/m0/s1. The van der Waals surface area contributed by atoms with Crippen LogP contribution < -0.4 is 24.5 Å². The number of methoxy groups -OCH3 is 2. The van der Waals surface area contributed by atoms with Gasteiger partial charge in [-0.15, -0.1) is 0 Å². The number of nitrogens with zero attached hydrogens (tertiary/aromatic N) is 3. The van der Waals surface area contributed by atoms with E-state index in [1.165, 1.54) is 4.90 Å². The monoisotopic (exact) mass is 952 g/mol. The van der Waals surface area contributed by atoms with Crippen molar-refractivity contribution in [3.63, 3.8) is 0 Å². The third kappa shape index (κ3) is 7.87. The molecule has 2 N–H and O–H groups in total. The minimum atomic E-state index is -4.77. The third-order valence-corrected chi connectivity index (χ3v) is 13.7. The quantitative estimate of drug-likeness (QED) is 0.0705. The average molecular weight is 954 g/mol. The van der Waals surface area contributed by atoms with Gasteiger partial charge in [0.05, 0.1) is 60.3 Å². The van der Waals surface area contributed by atoms with Gasteiger partial charge < -0.3 is 19.3 Å². The fourth-order valence-corrected chi connectivity index (χ4v) is 10.6. The Morgan fingerprint density at radius 2 is 1.57 bits per heavy atom. The summed E-state index contributed by atoms with van der Waals surface area (Å²) in [5.74, 6) is -5.52. The van der Waals surface area contributed by atoms with Crippen LogP contribution in [0.1, 0.15) is 46.6 Å². The lowest BCUT2D eigenvalue weighted by molar-refractivity contribution is -0.139. The van der Waals surface area contributed by atoms with E-state index in [-0.39, 0.29) is 31.9 Å². The highest BCUT2D eigenvalue weighted by Gasteiger charge is 2.70. The number of nitrogens with one attached hydrogen (secondary N) is 1. The van der Waals surface area contributed by atoms with Crippen molar-refractivity contribution in [2.75, 3.05) is 37.8 Å². The Morgan fingerprint density at radius 3 is 2.22 bits per heavy atom. The number of aliphatic hydroxyl groups is 1. The second kappa shape index (κ2) is 17.8. The number of aromatic nitrogens is 1. The summed E-state index contributed by atoms with van der Waals surface area (Å²) >= 11 is 12.7. The lowest BCUT2D eigenvalue weighted by Crippen LogP contribution is -2.53. The van der Waals surface area contributed by atoms with Crippen LogP contribution in [0.3, 0.4) is 0 Å². The lowest BCUT2D eigenvalue weighted by Gasteiger charge is -2.50. The Bertz CT molecular complexity index is 2840. The first kappa shape index (κ1) is 45.5. The third-order valence-electron chi connectivity index (χ3n) is 13.2. The number of pyridine rings is 1. The van der Waals surface area contributed by atoms with E-state index in [1.807, 2.05) is 24.3 Å². The number of benzene rings is 4. The highest BCUT2D eigenvalue weighted by Crippen LogP contribution is 2.64. The minimum Gasteiger partial charge on any atom is -0.497 e. The number of carbonyl (C=O) groups excluding carboxylic acids is 4. The van der Waals surface area contributed by atoms with Crippen LogP contribution in [-0.2, 0) is 30.8 Å². The van der Waals surface area contributed by atoms with Crippen molar-refractivity contribution in [2.45, 2.75) is 30.4 Å². The summed E-state index contributed by atoms with van der Waals surface area (Å²) in [7, 11) is 3.15. The number of rotatable bonds is 12. The number of ether oxygens (including phenoxy) is 3. The van der Waals surface area contributed by atoms with E-state index in [4.69, 9.17) is 37.4 Å². The molecule has 17 heteroatoms. The zero-order valence-corrected chi connectivity index (χ0v) is 37.3. The van der Waals surface area contributed by atoms with Crippen LogP contribution >= 0.6 is 23.2 Å². The molecule has 5 aromatic rings. The van der Waals surface area contributed by atoms with Crippen molar-refractivity contribution < 1.29 is 51.7 Å². The largest absolute Gasteiger partial charge is 0.497 e. The van der Waals surface area contributed by atoms with Gasteiger partial charge in [-0.05, 0) is 96.1 Å². The highest BCUT2D eigenvalue weighted by molar-refractivity contribution is 6.33. The molecule has 12 nitrogen and oxygen atoms in total. The Balaban J connectivity index is 1.11. The smallest absolute Gasteiger partial charge is 0.417 e. The topological polar surface area (TPSA) is 148 Å². The number of hydrogen-bond acceptors (Lipinski definition) is 10. The molecule has 0 bridgehead atoms. The molecule has 9 rings (SSSR count). The first-order valence-electron chi connectivity index (χ1n) is 21.2. The van der Waals surface area contributed by atoms with Crippen LogP contribution in [0.4, 0.5) is 24.7 Å². The molecule has 1 aromatic heterocycles. The molecule has 0 spiro atoms. The van der Waals surface area contributed by atoms with Gasteiger partial charge >= 0.3 is 6.18 Å². The van der Waals surface area contributed by atoms with Crippen molar-refractivity contribution in [3.8, 4) is 17.2 Å². The Kier molecular flexibility index (Phi) is 12.1. The van der Waals surface area contributed by atoms with Crippen LogP contribution in [0.15, 0.2) is 115 Å². The van der Waals surface area contributed by atoms with Gasteiger partial charge in [0.15, 0.2) is 5.82 Å². The molecule has 344 valence electrons. The van der Waals surface area contributed by atoms with Crippen molar-refractivity contribution in [1.82, 2.24) is 9.99 Å². The molecular formula is C50H41Cl2F3N4O8. The maximum atomic E-state index is 15.5. The summed E-state index contributed by atoms with van der Waals surface area (Å²) in [6, 6.07) is 26.4. The second-order valence-corrected chi connectivity index (χ2v) is 17.4. The van der Waals surface area contributed by atoms with Gasteiger partial charge in [-0.2, -0.15) is 18.2 Å². The van der Waals surface area contributed by atoms with Gasteiger partial charge in [0, 0.05) is 22.7 Å². The van der Waals surface area contributed by atoms with E-state index < -0.39 is 75.4 Å². The van der Waals surface area contributed by atoms with Crippen LogP contribution in [-0.4, -0.2) is 66.2 Å². The highest BCUT2D eigenvalue weighted by atomic mass is 35.5. The average Bonchev–Trinajstić information content (AvgIpc) is 3.71. The number of aliphatic hydroxyl groups excluding tert-OH is 1. The number of amides is 4. The van der Waals surface area contributed by atoms with Crippen LogP contribution in [0, 0.1) is 23.7 Å². The summed E-state index contributed by atoms with van der Waals surface area (Å²) in [5.41, 5.74) is 3.38. The van der Waals surface area contributed by atoms with Crippen molar-refractivity contribution in [2.24, 2.45) is 23.7 Å². The van der Waals surface area contributed by atoms with Crippen molar-refractivity contribution in [1.29, 1.82) is 0 Å². The number of imide groups is 2. The number of hydrogen-bond donors (Lipinski definition) is 2. The Labute approximate surface area is 392 Å². The molecule has 4 aromatic carbocycles. The molecule has 4 aliphatic rings. The summed E-state index contributed by atoms with van der Waals surface area (Å²) < 4.78 is 57.4. The van der Waals surface area contributed by atoms with E-state index in [0.717, 1.165) is 16.1 Å². The van der Waals surface area contributed by atoms with E-state index >= 15 is 9.59 Å². The first-order chi connectivity index (χ1) is 32.2. The number of fused-ring (bicyclic) bond motifs is 4. The SMILES string of the molecule is COc1ccc(OC)c(C=Cc2ccc(N3C(=O)[C@H]4[C@H](CC=C5[C@H]4C[C@H]4C(=O)N(Nc6ncc(C(F)(F)F)cc6Cl)C(=O)[C@@]4(c4ccc(Cl)cc4)[C@H]5c4ccc(OCCO)cc4)C3=O)cc2)c1. The molecule has 2 saturated heterocycles. The number of anilines is 2. The molecular weight excluding hydrogens is 912 g/mol. The molecule has 2 aliphatic carbocycles. The molecule has 4 amide bonds. The molecule has 2 aliphatic heterocycles. The van der Waals surface area contributed by atoms with E-state index in [9.17, 15) is 27.9 Å². The maximum Gasteiger partial charge on any atom is 0.417 e. The number of alkyl halides is 3. The molecule has 3 fully saturated rings. The molecule has 6 atom stereocenters. The maximum absolute atomic E-state index is 15.5. The lowest BCUT2D eigenvalue weighted by atomic mass is 9.49. The van der Waals surface area contributed by atoms with Crippen molar-refractivity contribution in [3.05, 3.63) is 153 Å². The Morgan fingerprint density at radius 1 is 0.851 bits per heavy atom. The number of allylic oxidation sites excluding steroid dienone is 2. The first-order valence-corrected chi connectivity index (χ1v) is 22.0. The van der Waals surface area contributed by atoms with E-state index in [0.29, 0.717) is 56.9 Å². The van der Waals surface area contributed by atoms with Gasteiger partial charge in [-0.1, -0.05) is 83.4 Å². The molecule has 3 heterocycles.